The molecule has 0 radical (unpaired) electrons. The Kier molecular flexibility index (Phi) is 5.14. The van der Waals surface area contributed by atoms with Crippen LogP contribution in [0.5, 0.6) is 0 Å². The lowest BCUT2D eigenvalue weighted by Crippen LogP contribution is -2.31. The van der Waals surface area contributed by atoms with Crippen LogP contribution in [0.2, 0.25) is 0 Å². The van der Waals surface area contributed by atoms with Gasteiger partial charge in [0, 0.05) is 18.1 Å². The molecule has 0 saturated heterocycles. The van der Waals surface area contributed by atoms with Gasteiger partial charge in [-0.25, -0.2) is 18.2 Å². The summed E-state index contributed by atoms with van der Waals surface area (Å²) in [5.41, 5.74) is 0.297. The molecule has 4 rings (SSSR count). The maximum absolute atomic E-state index is 14.3. The van der Waals surface area contributed by atoms with E-state index in [1.165, 1.54) is 23.9 Å². The van der Waals surface area contributed by atoms with Crippen LogP contribution >= 0.6 is 11.8 Å². The lowest BCUT2D eigenvalue weighted by Gasteiger charge is -2.24. The molecule has 1 aromatic heterocycles. The van der Waals surface area contributed by atoms with Crippen molar-refractivity contribution in [3.63, 3.8) is 0 Å². The van der Waals surface area contributed by atoms with Gasteiger partial charge >= 0.3 is 0 Å². The highest BCUT2D eigenvalue weighted by Gasteiger charge is 2.32. The third-order valence-corrected chi connectivity index (χ3v) is 5.50. The summed E-state index contributed by atoms with van der Waals surface area (Å²) in [4.78, 5) is 31.7. The summed E-state index contributed by atoms with van der Waals surface area (Å²) >= 11 is 1.20. The van der Waals surface area contributed by atoms with Crippen molar-refractivity contribution in [1.82, 2.24) is 9.97 Å². The number of rotatable bonds is 4. The van der Waals surface area contributed by atoms with Crippen molar-refractivity contribution in [1.29, 1.82) is 0 Å². The molecule has 1 aliphatic rings. The average molecular weight is 417 g/mol. The molecule has 9 heteroatoms. The standard InChI is InChI=1S/C20H14F3N3O2S/c21-11-3-1-10(2-4-11)9-29-20-25-18-17(19(28)26-20)14(8-16(27)24-18)13-7-12(22)5-6-15(13)23/h1-7,14H,8-9H2,(H2,24,25,26,27,28)/t14-/m1/s1. The minimum Gasteiger partial charge on any atom is -0.310 e. The summed E-state index contributed by atoms with van der Waals surface area (Å²) in [5, 5.41) is 2.78. The van der Waals surface area contributed by atoms with Gasteiger partial charge in [-0.1, -0.05) is 23.9 Å². The van der Waals surface area contributed by atoms with Crippen LogP contribution in [0, 0.1) is 17.5 Å². The highest BCUT2D eigenvalue weighted by molar-refractivity contribution is 7.98. The number of halogens is 3. The zero-order valence-electron chi connectivity index (χ0n) is 14.8. The van der Waals surface area contributed by atoms with Crippen molar-refractivity contribution in [2.45, 2.75) is 23.2 Å². The quantitative estimate of drug-likeness (QED) is 0.498. The molecule has 1 aliphatic heterocycles. The van der Waals surface area contributed by atoms with Crippen molar-refractivity contribution >= 4 is 23.5 Å². The number of amides is 1. The molecule has 5 nitrogen and oxygen atoms in total. The number of anilines is 1. The van der Waals surface area contributed by atoms with E-state index in [2.05, 4.69) is 15.3 Å². The number of benzene rings is 2. The predicted octanol–water partition coefficient (Wildman–Crippen LogP) is 3.95. The molecule has 1 amide bonds. The van der Waals surface area contributed by atoms with E-state index in [9.17, 15) is 22.8 Å². The van der Waals surface area contributed by atoms with Crippen LogP contribution < -0.4 is 10.9 Å². The molecule has 2 N–H and O–H groups in total. The Labute approximate surface area is 167 Å². The Morgan fingerprint density at radius 1 is 1.03 bits per heavy atom. The fourth-order valence-corrected chi connectivity index (χ4v) is 4.02. The third kappa shape index (κ3) is 4.04. The Morgan fingerprint density at radius 2 is 1.76 bits per heavy atom. The fraction of sp³-hybridized carbons (Fsp3) is 0.150. The lowest BCUT2D eigenvalue weighted by atomic mass is 9.86. The number of carbonyl (C=O) groups excluding carboxylic acids is 1. The van der Waals surface area contributed by atoms with Crippen LogP contribution in [0.4, 0.5) is 19.0 Å². The highest BCUT2D eigenvalue weighted by atomic mass is 32.2. The monoisotopic (exact) mass is 417 g/mol. The van der Waals surface area contributed by atoms with Crippen LogP contribution in [0.3, 0.4) is 0 Å². The van der Waals surface area contributed by atoms with Gasteiger partial charge in [-0.2, -0.15) is 0 Å². The molecule has 0 spiro atoms. The molecule has 1 atom stereocenters. The highest BCUT2D eigenvalue weighted by Crippen LogP contribution is 2.36. The van der Waals surface area contributed by atoms with Gasteiger partial charge in [-0.15, -0.1) is 0 Å². The predicted molar refractivity (Wildman–Crippen MR) is 102 cm³/mol. The number of carbonyl (C=O) groups is 1. The molecular formula is C20H14F3N3O2S. The molecule has 2 heterocycles. The summed E-state index contributed by atoms with van der Waals surface area (Å²) < 4.78 is 40.9. The van der Waals surface area contributed by atoms with Gasteiger partial charge in [0.15, 0.2) is 5.16 Å². The smallest absolute Gasteiger partial charge is 0.257 e. The molecule has 3 aromatic rings. The SMILES string of the molecule is O=C1C[C@H](c2cc(F)ccc2F)c2c(nc(SCc3ccc(F)cc3)[nH]c2=O)N1. The molecular weight excluding hydrogens is 403 g/mol. The molecule has 148 valence electrons. The molecule has 29 heavy (non-hydrogen) atoms. The molecule has 0 unspecified atom stereocenters. The Morgan fingerprint density at radius 3 is 2.52 bits per heavy atom. The lowest BCUT2D eigenvalue weighted by molar-refractivity contribution is -0.116. The average Bonchev–Trinajstić information content (AvgIpc) is 2.68. The zero-order valence-corrected chi connectivity index (χ0v) is 15.7. The molecule has 0 fully saturated rings. The number of aromatic amines is 1. The van der Waals surface area contributed by atoms with Gasteiger partial charge in [-0.05, 0) is 41.5 Å². The van der Waals surface area contributed by atoms with Crippen molar-refractivity contribution in [2.24, 2.45) is 0 Å². The Balaban J connectivity index is 1.67. The molecule has 0 saturated carbocycles. The topological polar surface area (TPSA) is 74.8 Å². The van der Waals surface area contributed by atoms with Crippen molar-refractivity contribution < 1.29 is 18.0 Å². The van der Waals surface area contributed by atoms with Crippen molar-refractivity contribution in [3.05, 3.63) is 87.0 Å². The normalized spacial score (nSPS) is 15.7. The van der Waals surface area contributed by atoms with Crippen LogP contribution in [-0.2, 0) is 10.5 Å². The number of fused-ring (bicyclic) bond motifs is 1. The van der Waals surface area contributed by atoms with Crippen LogP contribution in [0.15, 0.2) is 52.4 Å². The maximum Gasteiger partial charge on any atom is 0.257 e. The van der Waals surface area contributed by atoms with Gasteiger partial charge < -0.3 is 10.3 Å². The van der Waals surface area contributed by atoms with E-state index in [1.54, 1.807) is 12.1 Å². The van der Waals surface area contributed by atoms with Crippen LogP contribution in [-0.4, -0.2) is 15.9 Å². The number of hydrogen-bond donors (Lipinski definition) is 2. The van der Waals surface area contributed by atoms with E-state index in [4.69, 9.17) is 0 Å². The molecule has 2 aromatic carbocycles. The van der Waals surface area contributed by atoms with E-state index in [-0.39, 0.29) is 34.3 Å². The molecule has 0 aliphatic carbocycles. The Bertz CT molecular complexity index is 1150. The largest absolute Gasteiger partial charge is 0.310 e. The molecule has 0 bridgehead atoms. The van der Waals surface area contributed by atoms with E-state index >= 15 is 0 Å². The van der Waals surface area contributed by atoms with Gasteiger partial charge in [0.25, 0.3) is 5.56 Å². The van der Waals surface area contributed by atoms with Gasteiger partial charge in [0.05, 0.1) is 5.56 Å². The van der Waals surface area contributed by atoms with E-state index in [0.29, 0.717) is 5.75 Å². The minimum absolute atomic E-state index is 0.0280. The zero-order chi connectivity index (χ0) is 20.5. The number of nitrogens with zero attached hydrogens (tertiary/aromatic N) is 1. The first-order valence-corrected chi connectivity index (χ1v) is 9.65. The third-order valence-electron chi connectivity index (χ3n) is 4.55. The second-order valence-corrected chi connectivity index (χ2v) is 7.48. The van der Waals surface area contributed by atoms with E-state index in [1.807, 2.05) is 0 Å². The second kappa shape index (κ2) is 7.75. The number of aromatic nitrogens is 2. The van der Waals surface area contributed by atoms with Gasteiger partial charge in [0.1, 0.15) is 23.3 Å². The number of hydrogen-bond acceptors (Lipinski definition) is 4. The van der Waals surface area contributed by atoms with Crippen molar-refractivity contribution in [3.8, 4) is 0 Å². The van der Waals surface area contributed by atoms with E-state index < -0.39 is 29.0 Å². The van der Waals surface area contributed by atoms with Gasteiger partial charge in [-0.3, -0.25) is 9.59 Å². The Hall–Kier alpha value is -3.07. The number of thioether (sulfide) groups is 1. The maximum atomic E-state index is 14.3. The summed E-state index contributed by atoms with van der Waals surface area (Å²) in [6.45, 7) is 0. The summed E-state index contributed by atoms with van der Waals surface area (Å²) in [5.74, 6) is -2.66. The first-order valence-electron chi connectivity index (χ1n) is 8.67. The van der Waals surface area contributed by atoms with Gasteiger partial charge in [0.2, 0.25) is 5.91 Å². The number of nitrogens with one attached hydrogen (secondary N) is 2. The van der Waals surface area contributed by atoms with Crippen LogP contribution in [0.25, 0.3) is 0 Å². The first kappa shape index (κ1) is 19.3. The fourth-order valence-electron chi connectivity index (χ4n) is 3.20. The first-order chi connectivity index (χ1) is 13.9. The summed E-state index contributed by atoms with van der Waals surface area (Å²) in [6, 6.07) is 8.81. The minimum atomic E-state index is -0.943. The van der Waals surface area contributed by atoms with Crippen LogP contribution in [0.1, 0.15) is 29.0 Å². The second-order valence-electron chi connectivity index (χ2n) is 6.52. The van der Waals surface area contributed by atoms with Crippen molar-refractivity contribution in [2.75, 3.05) is 5.32 Å². The number of H-pyrrole nitrogens is 1. The summed E-state index contributed by atoms with van der Waals surface area (Å²) in [6.07, 6.45) is -0.194. The summed E-state index contributed by atoms with van der Waals surface area (Å²) in [7, 11) is 0. The van der Waals surface area contributed by atoms with E-state index in [0.717, 1.165) is 23.8 Å².